The van der Waals surface area contributed by atoms with E-state index in [4.69, 9.17) is 9.47 Å². The van der Waals surface area contributed by atoms with Gasteiger partial charge in [0.15, 0.2) is 0 Å². The minimum absolute atomic E-state index is 0.0816. The van der Waals surface area contributed by atoms with Gasteiger partial charge in [-0.15, -0.1) is 0 Å². The summed E-state index contributed by atoms with van der Waals surface area (Å²) in [6.45, 7) is 8.08. The van der Waals surface area contributed by atoms with Crippen molar-refractivity contribution in [1.82, 2.24) is 14.7 Å². The van der Waals surface area contributed by atoms with Crippen LogP contribution in [-0.2, 0) is 21.3 Å². The van der Waals surface area contributed by atoms with Crippen LogP contribution in [0.15, 0.2) is 0 Å². The van der Waals surface area contributed by atoms with Gasteiger partial charge < -0.3 is 14.4 Å². The number of hydrogen-bond donors (Lipinski definition) is 0. The first-order chi connectivity index (χ1) is 11.5. The van der Waals surface area contributed by atoms with E-state index < -0.39 is 6.10 Å². The van der Waals surface area contributed by atoms with Crippen molar-refractivity contribution in [3.63, 3.8) is 0 Å². The van der Waals surface area contributed by atoms with Crippen LogP contribution in [0.2, 0.25) is 0 Å². The lowest BCUT2D eigenvalue weighted by molar-refractivity contribution is -0.145. The summed E-state index contributed by atoms with van der Waals surface area (Å²) in [4.78, 5) is 14.9. The van der Waals surface area contributed by atoms with Crippen LogP contribution in [-0.4, -0.2) is 52.6 Å². The molecule has 6 nitrogen and oxygen atoms in total. The van der Waals surface area contributed by atoms with E-state index in [2.05, 4.69) is 12.0 Å². The second kappa shape index (κ2) is 7.23. The lowest BCUT2D eigenvalue weighted by atomic mass is 10.0. The van der Waals surface area contributed by atoms with Gasteiger partial charge >= 0.3 is 0 Å². The van der Waals surface area contributed by atoms with Crippen LogP contribution in [0, 0.1) is 13.8 Å². The Morgan fingerprint density at radius 3 is 2.79 bits per heavy atom. The molecule has 0 radical (unpaired) electrons. The third kappa shape index (κ3) is 3.35. The first-order valence-electron chi connectivity index (χ1n) is 9.02. The highest BCUT2D eigenvalue weighted by atomic mass is 16.5. The standard InChI is InChI=1S/C18H29N3O3/c1-12-17(13(2)20(4)19-12)16-8-5-9-21(16)18(22)14(3)24-11-15-7-6-10-23-15/h14-16H,5-11H2,1-4H3. The van der Waals surface area contributed by atoms with Gasteiger partial charge in [0.1, 0.15) is 6.10 Å². The zero-order valence-corrected chi connectivity index (χ0v) is 15.2. The molecule has 1 aromatic rings. The maximum atomic E-state index is 12.9. The van der Waals surface area contributed by atoms with Crippen molar-refractivity contribution in [2.45, 2.75) is 64.7 Å². The van der Waals surface area contributed by atoms with E-state index in [1.165, 1.54) is 5.56 Å². The molecule has 0 spiro atoms. The number of carbonyl (C=O) groups is 1. The Labute approximate surface area is 144 Å². The van der Waals surface area contributed by atoms with Gasteiger partial charge in [-0.3, -0.25) is 9.48 Å². The normalized spacial score (nSPS) is 25.4. The number of carbonyl (C=O) groups excluding carboxylic acids is 1. The molecule has 2 fully saturated rings. The van der Waals surface area contributed by atoms with E-state index in [-0.39, 0.29) is 18.1 Å². The molecule has 0 aromatic carbocycles. The first kappa shape index (κ1) is 17.4. The Balaban J connectivity index is 1.66. The predicted molar refractivity (Wildman–Crippen MR) is 90.8 cm³/mol. The Morgan fingerprint density at radius 2 is 2.17 bits per heavy atom. The van der Waals surface area contributed by atoms with Crippen LogP contribution in [0.5, 0.6) is 0 Å². The number of nitrogens with zero attached hydrogens (tertiary/aromatic N) is 3. The highest BCUT2D eigenvalue weighted by molar-refractivity contribution is 5.81. The lowest BCUT2D eigenvalue weighted by Crippen LogP contribution is -2.39. The molecule has 24 heavy (non-hydrogen) atoms. The molecule has 6 heteroatoms. The molecule has 2 aliphatic heterocycles. The van der Waals surface area contributed by atoms with Crippen LogP contribution < -0.4 is 0 Å². The fraction of sp³-hybridized carbons (Fsp3) is 0.778. The van der Waals surface area contributed by atoms with Gasteiger partial charge in [-0.2, -0.15) is 5.10 Å². The van der Waals surface area contributed by atoms with Crippen LogP contribution >= 0.6 is 0 Å². The highest BCUT2D eigenvalue weighted by Crippen LogP contribution is 2.36. The van der Waals surface area contributed by atoms with Crippen molar-refractivity contribution < 1.29 is 14.3 Å². The Morgan fingerprint density at radius 1 is 1.38 bits per heavy atom. The van der Waals surface area contributed by atoms with Gasteiger partial charge in [-0.05, 0) is 46.5 Å². The zero-order valence-electron chi connectivity index (χ0n) is 15.2. The van der Waals surface area contributed by atoms with Gasteiger partial charge in [0.2, 0.25) is 0 Å². The van der Waals surface area contributed by atoms with Crippen LogP contribution in [0.1, 0.15) is 55.6 Å². The maximum absolute atomic E-state index is 12.9. The molecule has 0 saturated carbocycles. The summed E-state index contributed by atoms with van der Waals surface area (Å²) in [5.41, 5.74) is 3.37. The number of ether oxygens (including phenoxy) is 2. The summed E-state index contributed by atoms with van der Waals surface area (Å²) in [5.74, 6) is 0.0816. The Hall–Kier alpha value is -1.40. The van der Waals surface area contributed by atoms with Crippen molar-refractivity contribution >= 4 is 5.91 Å². The lowest BCUT2D eigenvalue weighted by Gasteiger charge is -2.28. The Bertz CT molecular complexity index is 593. The molecule has 3 unspecified atom stereocenters. The SMILES string of the molecule is Cc1nn(C)c(C)c1C1CCCN1C(=O)C(C)OCC1CCCO1. The van der Waals surface area contributed by atoms with Crippen molar-refractivity contribution in [1.29, 1.82) is 0 Å². The molecule has 1 aromatic heterocycles. The number of amides is 1. The zero-order chi connectivity index (χ0) is 17.3. The highest BCUT2D eigenvalue weighted by Gasteiger charge is 2.35. The van der Waals surface area contributed by atoms with E-state index in [1.54, 1.807) is 0 Å². The fourth-order valence-corrected chi connectivity index (χ4v) is 3.94. The molecular formula is C18H29N3O3. The second-order valence-electron chi connectivity index (χ2n) is 7.01. The molecule has 3 rings (SSSR count). The van der Waals surface area contributed by atoms with E-state index in [1.807, 2.05) is 30.5 Å². The number of likely N-dealkylation sites (tertiary alicyclic amines) is 1. The molecule has 3 atom stereocenters. The topological polar surface area (TPSA) is 56.6 Å². The van der Waals surface area contributed by atoms with Gasteiger partial charge in [-0.25, -0.2) is 0 Å². The molecule has 0 bridgehead atoms. The van der Waals surface area contributed by atoms with Crippen LogP contribution in [0.4, 0.5) is 0 Å². The molecule has 2 saturated heterocycles. The average molecular weight is 335 g/mol. The molecule has 134 valence electrons. The molecular weight excluding hydrogens is 306 g/mol. The van der Waals surface area contributed by atoms with Crippen molar-refractivity contribution in [2.24, 2.45) is 7.05 Å². The molecule has 0 N–H and O–H groups in total. The quantitative estimate of drug-likeness (QED) is 0.828. The van der Waals surface area contributed by atoms with E-state index in [0.29, 0.717) is 6.61 Å². The number of hydrogen-bond acceptors (Lipinski definition) is 4. The van der Waals surface area contributed by atoms with Crippen molar-refractivity contribution in [3.8, 4) is 0 Å². The summed E-state index contributed by atoms with van der Waals surface area (Å²) < 4.78 is 13.3. The molecule has 3 heterocycles. The van der Waals surface area contributed by atoms with E-state index >= 15 is 0 Å². The van der Waals surface area contributed by atoms with Gasteiger partial charge in [0.25, 0.3) is 5.91 Å². The summed E-state index contributed by atoms with van der Waals surface area (Å²) in [6.07, 6.45) is 3.87. The van der Waals surface area contributed by atoms with E-state index in [9.17, 15) is 4.79 Å². The molecule has 0 aliphatic carbocycles. The summed E-state index contributed by atoms with van der Waals surface area (Å²) in [7, 11) is 1.96. The van der Waals surface area contributed by atoms with Crippen molar-refractivity contribution in [3.05, 3.63) is 17.0 Å². The van der Waals surface area contributed by atoms with Crippen LogP contribution in [0.3, 0.4) is 0 Å². The summed E-state index contributed by atoms with van der Waals surface area (Å²) >= 11 is 0. The fourth-order valence-electron chi connectivity index (χ4n) is 3.94. The monoisotopic (exact) mass is 335 g/mol. The molecule has 2 aliphatic rings. The second-order valence-corrected chi connectivity index (χ2v) is 7.01. The number of rotatable bonds is 5. The van der Waals surface area contributed by atoms with Crippen molar-refractivity contribution in [2.75, 3.05) is 19.8 Å². The van der Waals surface area contributed by atoms with Gasteiger partial charge in [0.05, 0.1) is 24.4 Å². The minimum atomic E-state index is -0.424. The van der Waals surface area contributed by atoms with Crippen LogP contribution in [0.25, 0.3) is 0 Å². The van der Waals surface area contributed by atoms with Gasteiger partial charge in [0, 0.05) is 31.5 Å². The average Bonchev–Trinajstić information content (AvgIpc) is 3.27. The third-order valence-electron chi connectivity index (χ3n) is 5.34. The maximum Gasteiger partial charge on any atom is 0.251 e. The minimum Gasteiger partial charge on any atom is -0.376 e. The third-order valence-corrected chi connectivity index (χ3v) is 5.34. The Kier molecular flexibility index (Phi) is 5.25. The summed E-state index contributed by atoms with van der Waals surface area (Å²) in [5, 5.41) is 4.51. The predicted octanol–water partition coefficient (Wildman–Crippen LogP) is 2.28. The number of aromatic nitrogens is 2. The molecule has 1 amide bonds. The summed E-state index contributed by atoms with van der Waals surface area (Å²) in [6, 6.07) is 0.125. The smallest absolute Gasteiger partial charge is 0.251 e. The van der Waals surface area contributed by atoms with E-state index in [0.717, 1.165) is 50.2 Å². The first-order valence-corrected chi connectivity index (χ1v) is 9.02. The largest absolute Gasteiger partial charge is 0.376 e. The number of aryl methyl sites for hydroxylation is 2. The van der Waals surface area contributed by atoms with Gasteiger partial charge in [-0.1, -0.05) is 0 Å².